The zero-order valence-corrected chi connectivity index (χ0v) is 10.5. The molecule has 1 aliphatic rings. The summed E-state index contributed by atoms with van der Waals surface area (Å²) in [7, 11) is 0. The van der Waals surface area contributed by atoms with E-state index < -0.39 is 0 Å². The average Bonchev–Trinajstić information content (AvgIpc) is 2.59. The van der Waals surface area contributed by atoms with Crippen molar-refractivity contribution in [1.29, 1.82) is 0 Å². The fraction of sp³-hybridized carbons (Fsp3) is 0.714. The molecule has 1 nitrogen and oxygen atoms in total. The predicted octanol–water partition coefficient (Wildman–Crippen LogP) is 3.83. The standard InChI is InChI=1S/C14H23N/c1-10(2)12-5-6-14-13(9-12)7-8-15(14)11(3)4/h7-8,10-12H,5-6,9H2,1-4H3. The van der Waals surface area contributed by atoms with Crippen LogP contribution >= 0.6 is 0 Å². The van der Waals surface area contributed by atoms with E-state index in [1.54, 1.807) is 11.3 Å². The molecular weight excluding hydrogens is 182 g/mol. The fourth-order valence-electron chi connectivity index (χ4n) is 2.76. The summed E-state index contributed by atoms with van der Waals surface area (Å²) in [6.07, 6.45) is 6.23. The first-order valence-electron chi connectivity index (χ1n) is 6.28. The van der Waals surface area contributed by atoms with Gasteiger partial charge in [0.25, 0.3) is 0 Å². The summed E-state index contributed by atoms with van der Waals surface area (Å²) in [6.45, 7) is 9.26. The minimum atomic E-state index is 0.615. The second-order valence-corrected chi connectivity index (χ2v) is 5.54. The molecule has 1 atom stereocenters. The van der Waals surface area contributed by atoms with Crippen LogP contribution in [0.25, 0.3) is 0 Å². The van der Waals surface area contributed by atoms with Crippen molar-refractivity contribution >= 4 is 0 Å². The molecule has 1 aromatic rings. The van der Waals surface area contributed by atoms with Gasteiger partial charge in [-0.05, 0) is 56.6 Å². The molecule has 1 aliphatic carbocycles. The Labute approximate surface area is 93.5 Å². The SMILES string of the molecule is CC(C)C1CCc2c(ccn2C(C)C)C1. The van der Waals surface area contributed by atoms with Crippen LogP contribution in [0, 0.1) is 11.8 Å². The van der Waals surface area contributed by atoms with Crippen molar-refractivity contribution in [1.82, 2.24) is 4.57 Å². The monoisotopic (exact) mass is 205 g/mol. The number of rotatable bonds is 2. The summed E-state index contributed by atoms with van der Waals surface area (Å²) in [5.74, 6) is 1.74. The van der Waals surface area contributed by atoms with Crippen LogP contribution < -0.4 is 0 Å². The first kappa shape index (κ1) is 10.8. The molecule has 1 unspecified atom stereocenters. The fourth-order valence-corrected chi connectivity index (χ4v) is 2.76. The molecule has 0 saturated carbocycles. The summed E-state index contributed by atoms with van der Waals surface area (Å²) < 4.78 is 2.45. The zero-order valence-electron chi connectivity index (χ0n) is 10.5. The number of hydrogen-bond donors (Lipinski definition) is 0. The highest BCUT2D eigenvalue weighted by Crippen LogP contribution is 2.31. The molecule has 1 heteroatoms. The van der Waals surface area contributed by atoms with Crippen LogP contribution in [0.15, 0.2) is 12.3 Å². The summed E-state index contributed by atoms with van der Waals surface area (Å²) in [5.41, 5.74) is 3.20. The molecule has 0 radical (unpaired) electrons. The Bertz CT molecular complexity index is 333. The van der Waals surface area contributed by atoms with E-state index in [0.29, 0.717) is 6.04 Å². The number of aromatic nitrogens is 1. The second kappa shape index (κ2) is 4.03. The van der Waals surface area contributed by atoms with Crippen molar-refractivity contribution in [3.05, 3.63) is 23.5 Å². The van der Waals surface area contributed by atoms with Crippen LogP contribution in [0.4, 0.5) is 0 Å². The van der Waals surface area contributed by atoms with Gasteiger partial charge in [-0.15, -0.1) is 0 Å². The van der Waals surface area contributed by atoms with Crippen molar-refractivity contribution in [2.75, 3.05) is 0 Å². The molecule has 84 valence electrons. The Hall–Kier alpha value is -0.720. The lowest BCUT2D eigenvalue weighted by atomic mass is 9.81. The summed E-state index contributed by atoms with van der Waals surface area (Å²) >= 11 is 0. The van der Waals surface area contributed by atoms with Gasteiger partial charge in [0.15, 0.2) is 0 Å². The first-order chi connectivity index (χ1) is 7.09. The third kappa shape index (κ3) is 1.97. The molecule has 1 aromatic heterocycles. The summed E-state index contributed by atoms with van der Waals surface area (Å²) in [4.78, 5) is 0. The number of hydrogen-bond acceptors (Lipinski definition) is 0. The molecule has 0 fully saturated rings. The predicted molar refractivity (Wildman–Crippen MR) is 65.2 cm³/mol. The molecule has 0 N–H and O–H groups in total. The quantitative estimate of drug-likeness (QED) is 0.691. The van der Waals surface area contributed by atoms with Gasteiger partial charge in [-0.3, -0.25) is 0 Å². The van der Waals surface area contributed by atoms with Gasteiger partial charge in [0.1, 0.15) is 0 Å². The van der Waals surface area contributed by atoms with Gasteiger partial charge >= 0.3 is 0 Å². The van der Waals surface area contributed by atoms with Crippen LogP contribution in [0.3, 0.4) is 0 Å². The van der Waals surface area contributed by atoms with Crippen molar-refractivity contribution in [2.45, 2.75) is 53.0 Å². The summed E-state index contributed by atoms with van der Waals surface area (Å²) in [6, 6.07) is 2.95. The van der Waals surface area contributed by atoms with E-state index in [2.05, 4.69) is 44.5 Å². The van der Waals surface area contributed by atoms with Crippen molar-refractivity contribution < 1.29 is 0 Å². The normalized spacial score (nSPS) is 21.1. The molecular formula is C14H23N. The molecule has 0 saturated heterocycles. The Morgan fingerprint density at radius 1 is 1.27 bits per heavy atom. The topological polar surface area (TPSA) is 4.93 Å². The largest absolute Gasteiger partial charge is 0.349 e. The van der Waals surface area contributed by atoms with Crippen LogP contribution in [-0.2, 0) is 12.8 Å². The zero-order chi connectivity index (χ0) is 11.0. The van der Waals surface area contributed by atoms with Crippen molar-refractivity contribution in [3.63, 3.8) is 0 Å². The average molecular weight is 205 g/mol. The lowest BCUT2D eigenvalue weighted by molar-refractivity contribution is 0.336. The Morgan fingerprint density at radius 2 is 2.00 bits per heavy atom. The Balaban J connectivity index is 2.22. The maximum atomic E-state index is 2.45. The van der Waals surface area contributed by atoms with Gasteiger partial charge in [0.2, 0.25) is 0 Å². The lowest BCUT2D eigenvalue weighted by Gasteiger charge is -2.27. The minimum Gasteiger partial charge on any atom is -0.349 e. The van der Waals surface area contributed by atoms with E-state index >= 15 is 0 Å². The highest BCUT2D eigenvalue weighted by atomic mass is 15.0. The van der Waals surface area contributed by atoms with E-state index in [0.717, 1.165) is 11.8 Å². The van der Waals surface area contributed by atoms with E-state index in [9.17, 15) is 0 Å². The number of nitrogens with zero attached hydrogens (tertiary/aromatic N) is 1. The Morgan fingerprint density at radius 3 is 2.60 bits per heavy atom. The molecule has 0 bridgehead atoms. The van der Waals surface area contributed by atoms with Gasteiger partial charge in [-0.2, -0.15) is 0 Å². The smallest absolute Gasteiger partial charge is 0.0276 e. The van der Waals surface area contributed by atoms with Crippen LogP contribution in [0.5, 0.6) is 0 Å². The number of fused-ring (bicyclic) bond motifs is 1. The second-order valence-electron chi connectivity index (χ2n) is 5.54. The molecule has 0 aromatic carbocycles. The highest BCUT2D eigenvalue weighted by Gasteiger charge is 2.23. The molecule has 0 aliphatic heterocycles. The third-order valence-electron chi connectivity index (χ3n) is 3.85. The van der Waals surface area contributed by atoms with Crippen molar-refractivity contribution in [2.24, 2.45) is 11.8 Å². The first-order valence-corrected chi connectivity index (χ1v) is 6.28. The van der Waals surface area contributed by atoms with Gasteiger partial charge < -0.3 is 4.57 Å². The molecule has 15 heavy (non-hydrogen) atoms. The van der Waals surface area contributed by atoms with Gasteiger partial charge in [-0.25, -0.2) is 0 Å². The van der Waals surface area contributed by atoms with E-state index in [-0.39, 0.29) is 0 Å². The van der Waals surface area contributed by atoms with E-state index in [1.807, 2.05) is 0 Å². The highest BCUT2D eigenvalue weighted by molar-refractivity contribution is 5.26. The van der Waals surface area contributed by atoms with Crippen LogP contribution in [-0.4, -0.2) is 4.57 Å². The van der Waals surface area contributed by atoms with Gasteiger partial charge in [0.05, 0.1) is 0 Å². The maximum absolute atomic E-state index is 2.45. The lowest BCUT2D eigenvalue weighted by Crippen LogP contribution is -2.20. The molecule has 0 amide bonds. The maximum Gasteiger partial charge on any atom is 0.0276 e. The third-order valence-corrected chi connectivity index (χ3v) is 3.85. The molecule has 1 heterocycles. The van der Waals surface area contributed by atoms with E-state index in [1.165, 1.54) is 19.3 Å². The van der Waals surface area contributed by atoms with Crippen molar-refractivity contribution in [3.8, 4) is 0 Å². The summed E-state index contributed by atoms with van der Waals surface area (Å²) in [5, 5.41) is 0. The molecule has 0 spiro atoms. The minimum absolute atomic E-state index is 0.615. The van der Waals surface area contributed by atoms with Crippen LogP contribution in [0.2, 0.25) is 0 Å². The van der Waals surface area contributed by atoms with Gasteiger partial charge in [0, 0.05) is 17.9 Å². The molecule has 2 rings (SSSR count). The van der Waals surface area contributed by atoms with Crippen LogP contribution in [0.1, 0.15) is 51.4 Å². The van der Waals surface area contributed by atoms with Gasteiger partial charge in [-0.1, -0.05) is 13.8 Å². The van der Waals surface area contributed by atoms with E-state index in [4.69, 9.17) is 0 Å². The Kier molecular flexibility index (Phi) is 2.90.